The number of benzene rings is 2. The molecule has 0 spiro atoms. The van der Waals surface area contributed by atoms with Gasteiger partial charge in [-0.3, -0.25) is 4.79 Å². The molecule has 2 aliphatic rings. The highest BCUT2D eigenvalue weighted by Crippen LogP contribution is 2.38. The summed E-state index contributed by atoms with van der Waals surface area (Å²) in [6.45, 7) is 3.40. The predicted octanol–water partition coefficient (Wildman–Crippen LogP) is 4.15. The van der Waals surface area contributed by atoms with Crippen molar-refractivity contribution in [3.8, 4) is 5.75 Å². The van der Waals surface area contributed by atoms with Crippen molar-refractivity contribution in [2.24, 2.45) is 5.41 Å². The van der Waals surface area contributed by atoms with E-state index in [1.54, 1.807) is 0 Å². The van der Waals surface area contributed by atoms with Gasteiger partial charge in [0.15, 0.2) is 0 Å². The van der Waals surface area contributed by atoms with Gasteiger partial charge in [0.25, 0.3) is 0 Å². The number of piperazine rings is 1. The number of nitrogens with zero attached hydrogens (tertiary/aromatic N) is 3. The van der Waals surface area contributed by atoms with Gasteiger partial charge in [0.1, 0.15) is 11.6 Å². The number of ether oxygens (including phenoxy) is 1. The standard InChI is InChI=1S/C25H30Cl2FN3O4S/c1-29-9-11-30(12-10-29)24(32)16-25(18-35-22-5-3-21(28)4-6-22)7-2-8-31(17-25)36(33,34)23-14-19(26)13-20(27)15-23/h3-6,13-15H,2,7-12,16-18H2,1H3. The molecule has 36 heavy (non-hydrogen) atoms. The van der Waals surface area contributed by atoms with Crippen LogP contribution in [0.3, 0.4) is 0 Å². The van der Waals surface area contributed by atoms with Crippen LogP contribution >= 0.6 is 23.2 Å². The maximum atomic E-state index is 13.5. The second-order valence-corrected chi connectivity index (χ2v) is 12.5. The van der Waals surface area contributed by atoms with Crippen molar-refractivity contribution in [2.75, 3.05) is 52.9 Å². The summed E-state index contributed by atoms with van der Waals surface area (Å²) in [5, 5.41) is 0.462. The Bertz CT molecular complexity index is 1170. The van der Waals surface area contributed by atoms with Gasteiger partial charge in [-0.1, -0.05) is 23.2 Å². The third-order valence-electron chi connectivity index (χ3n) is 6.84. The summed E-state index contributed by atoms with van der Waals surface area (Å²) in [6.07, 6.45) is 1.34. The minimum Gasteiger partial charge on any atom is -0.493 e. The van der Waals surface area contributed by atoms with Crippen LogP contribution in [0.25, 0.3) is 0 Å². The van der Waals surface area contributed by atoms with E-state index in [4.69, 9.17) is 27.9 Å². The Labute approximate surface area is 221 Å². The fourth-order valence-electron chi connectivity index (χ4n) is 4.76. The Hall–Kier alpha value is -1.91. The van der Waals surface area contributed by atoms with Crippen LogP contribution in [0.15, 0.2) is 47.4 Å². The number of carbonyl (C=O) groups excluding carboxylic acids is 1. The smallest absolute Gasteiger partial charge is 0.243 e. The molecule has 7 nitrogen and oxygen atoms in total. The van der Waals surface area contributed by atoms with E-state index in [0.717, 1.165) is 13.1 Å². The first-order valence-corrected chi connectivity index (χ1v) is 14.1. The predicted molar refractivity (Wildman–Crippen MR) is 137 cm³/mol. The highest BCUT2D eigenvalue weighted by molar-refractivity contribution is 7.89. The lowest BCUT2D eigenvalue weighted by Gasteiger charge is -2.43. The number of amides is 1. The molecule has 2 saturated heterocycles. The summed E-state index contributed by atoms with van der Waals surface area (Å²) in [4.78, 5) is 17.4. The molecular weight excluding hydrogens is 528 g/mol. The quantitative estimate of drug-likeness (QED) is 0.511. The Kier molecular flexibility index (Phi) is 8.46. The number of hydrogen-bond acceptors (Lipinski definition) is 5. The second-order valence-electron chi connectivity index (χ2n) is 9.65. The molecule has 1 amide bonds. The minimum atomic E-state index is -3.91. The van der Waals surface area contributed by atoms with Crippen LogP contribution in [0.4, 0.5) is 4.39 Å². The molecule has 4 rings (SSSR count). The lowest BCUT2D eigenvalue weighted by atomic mass is 9.78. The highest BCUT2D eigenvalue weighted by Gasteiger charge is 2.43. The zero-order chi connectivity index (χ0) is 25.9. The van der Waals surface area contributed by atoms with Crippen LogP contribution in [-0.2, 0) is 14.8 Å². The van der Waals surface area contributed by atoms with Gasteiger partial charge in [0, 0.05) is 61.1 Å². The molecule has 2 aliphatic heterocycles. The van der Waals surface area contributed by atoms with E-state index in [-0.39, 0.29) is 46.2 Å². The summed E-state index contributed by atoms with van der Waals surface area (Å²) >= 11 is 12.2. The molecule has 0 N–H and O–H groups in total. The van der Waals surface area contributed by atoms with Gasteiger partial charge >= 0.3 is 0 Å². The van der Waals surface area contributed by atoms with Crippen molar-refractivity contribution in [1.29, 1.82) is 0 Å². The van der Waals surface area contributed by atoms with E-state index in [1.807, 2.05) is 11.9 Å². The zero-order valence-corrected chi connectivity index (χ0v) is 22.5. The minimum absolute atomic E-state index is 0.0145. The molecule has 11 heteroatoms. The molecule has 0 bridgehead atoms. The third kappa shape index (κ3) is 6.50. The first kappa shape index (κ1) is 27.1. The van der Waals surface area contributed by atoms with E-state index in [2.05, 4.69) is 4.90 Å². The third-order valence-corrected chi connectivity index (χ3v) is 9.10. The molecule has 2 aromatic rings. The fourth-order valence-corrected chi connectivity index (χ4v) is 7.08. The zero-order valence-electron chi connectivity index (χ0n) is 20.1. The normalized spacial score (nSPS) is 21.9. The number of likely N-dealkylation sites (N-methyl/N-ethyl adjacent to an activating group) is 1. The summed E-state index contributed by atoms with van der Waals surface area (Å²) in [6, 6.07) is 9.89. The van der Waals surface area contributed by atoms with Gasteiger partial charge in [0.05, 0.1) is 11.5 Å². The van der Waals surface area contributed by atoms with E-state index in [0.29, 0.717) is 38.2 Å². The number of halogens is 3. The van der Waals surface area contributed by atoms with E-state index in [9.17, 15) is 17.6 Å². The molecule has 1 atom stereocenters. The molecule has 0 radical (unpaired) electrons. The maximum Gasteiger partial charge on any atom is 0.243 e. The summed E-state index contributed by atoms with van der Waals surface area (Å²) < 4.78 is 47.8. The lowest BCUT2D eigenvalue weighted by Crippen LogP contribution is -2.53. The highest BCUT2D eigenvalue weighted by atomic mass is 35.5. The lowest BCUT2D eigenvalue weighted by molar-refractivity contribution is -0.136. The van der Waals surface area contributed by atoms with Gasteiger partial charge in [-0.15, -0.1) is 0 Å². The van der Waals surface area contributed by atoms with Crippen molar-refractivity contribution < 1.29 is 22.3 Å². The number of piperidine rings is 1. The Morgan fingerprint density at radius 3 is 2.31 bits per heavy atom. The number of sulfonamides is 1. The van der Waals surface area contributed by atoms with Crippen LogP contribution in [0.5, 0.6) is 5.75 Å². The molecule has 2 aromatic carbocycles. The van der Waals surface area contributed by atoms with E-state index in [1.165, 1.54) is 46.8 Å². The maximum absolute atomic E-state index is 13.5. The van der Waals surface area contributed by atoms with Crippen LogP contribution in [-0.4, -0.2) is 81.4 Å². The van der Waals surface area contributed by atoms with Crippen molar-refractivity contribution in [2.45, 2.75) is 24.2 Å². The van der Waals surface area contributed by atoms with Gasteiger partial charge in [-0.2, -0.15) is 4.31 Å². The van der Waals surface area contributed by atoms with Crippen LogP contribution in [0, 0.1) is 11.2 Å². The van der Waals surface area contributed by atoms with Crippen molar-refractivity contribution in [3.63, 3.8) is 0 Å². The molecule has 196 valence electrons. The van der Waals surface area contributed by atoms with Crippen LogP contribution < -0.4 is 4.74 Å². The van der Waals surface area contributed by atoms with Gasteiger partial charge < -0.3 is 14.5 Å². The number of rotatable bonds is 7. The van der Waals surface area contributed by atoms with Gasteiger partial charge in [-0.25, -0.2) is 12.8 Å². The molecular formula is C25H30Cl2FN3O4S. The van der Waals surface area contributed by atoms with E-state index >= 15 is 0 Å². The number of hydrogen-bond donors (Lipinski definition) is 0. The monoisotopic (exact) mass is 557 g/mol. The Balaban J connectivity index is 1.58. The average Bonchev–Trinajstić information content (AvgIpc) is 2.83. The molecule has 2 heterocycles. The largest absolute Gasteiger partial charge is 0.493 e. The second kappa shape index (κ2) is 11.2. The Morgan fingerprint density at radius 2 is 1.67 bits per heavy atom. The summed E-state index contributed by atoms with van der Waals surface area (Å²) in [7, 11) is -1.89. The van der Waals surface area contributed by atoms with Crippen LogP contribution in [0.1, 0.15) is 19.3 Å². The van der Waals surface area contributed by atoms with Gasteiger partial charge in [0.2, 0.25) is 15.9 Å². The summed E-state index contributed by atoms with van der Waals surface area (Å²) in [5.74, 6) is 0.0673. The van der Waals surface area contributed by atoms with E-state index < -0.39 is 15.4 Å². The molecule has 0 aliphatic carbocycles. The fraction of sp³-hybridized carbons (Fsp3) is 0.480. The van der Waals surface area contributed by atoms with Crippen molar-refractivity contribution >= 4 is 39.1 Å². The number of carbonyl (C=O) groups is 1. The van der Waals surface area contributed by atoms with Crippen LogP contribution in [0.2, 0.25) is 10.0 Å². The van der Waals surface area contributed by atoms with Gasteiger partial charge in [-0.05, 0) is 62.4 Å². The van der Waals surface area contributed by atoms with Crippen molar-refractivity contribution in [3.05, 3.63) is 58.3 Å². The first-order valence-electron chi connectivity index (χ1n) is 11.9. The SMILES string of the molecule is CN1CCN(C(=O)CC2(COc3ccc(F)cc3)CCCN(S(=O)(=O)c3cc(Cl)cc(Cl)c3)C2)CC1. The molecule has 0 saturated carbocycles. The molecule has 0 aromatic heterocycles. The topological polar surface area (TPSA) is 70.2 Å². The average molecular weight is 559 g/mol. The Morgan fingerprint density at radius 1 is 1.03 bits per heavy atom. The van der Waals surface area contributed by atoms with Crippen molar-refractivity contribution in [1.82, 2.24) is 14.1 Å². The molecule has 2 fully saturated rings. The summed E-state index contributed by atoms with van der Waals surface area (Å²) in [5.41, 5.74) is -0.748. The molecule has 1 unspecified atom stereocenters. The first-order chi connectivity index (χ1) is 17.1.